The molecule has 2 aliphatic rings. The van der Waals surface area contributed by atoms with Crippen molar-refractivity contribution in [1.82, 2.24) is 10.2 Å². The zero-order valence-electron chi connectivity index (χ0n) is 12.0. The van der Waals surface area contributed by atoms with Gasteiger partial charge in [0.25, 0.3) is 0 Å². The molecule has 2 amide bonds. The molecule has 1 unspecified atom stereocenters. The summed E-state index contributed by atoms with van der Waals surface area (Å²) < 4.78 is 0. The summed E-state index contributed by atoms with van der Waals surface area (Å²) in [4.78, 5) is 25.4. The van der Waals surface area contributed by atoms with Gasteiger partial charge in [0.2, 0.25) is 0 Å². The van der Waals surface area contributed by atoms with E-state index < -0.39 is 17.4 Å². The molecule has 108 valence electrons. The Labute approximate surface area is 114 Å². The van der Waals surface area contributed by atoms with E-state index in [0.29, 0.717) is 12.0 Å². The van der Waals surface area contributed by atoms with Crippen molar-refractivity contribution in [2.75, 3.05) is 6.54 Å². The second-order valence-corrected chi connectivity index (χ2v) is 6.91. The maximum Gasteiger partial charge on any atom is 0.326 e. The van der Waals surface area contributed by atoms with E-state index in [0.717, 1.165) is 19.4 Å². The summed E-state index contributed by atoms with van der Waals surface area (Å²) in [7, 11) is 0. The average Bonchev–Trinajstić information content (AvgIpc) is 3.12. The third kappa shape index (κ3) is 3.85. The first-order valence-corrected chi connectivity index (χ1v) is 7.09. The van der Waals surface area contributed by atoms with Crippen molar-refractivity contribution >= 4 is 12.0 Å². The highest BCUT2D eigenvalue weighted by Crippen LogP contribution is 2.35. The normalized spacial score (nSPS) is 20.8. The predicted molar refractivity (Wildman–Crippen MR) is 71.9 cm³/mol. The van der Waals surface area contributed by atoms with Crippen molar-refractivity contribution in [3.05, 3.63) is 0 Å². The molecule has 0 spiro atoms. The maximum atomic E-state index is 12.3. The van der Waals surface area contributed by atoms with Crippen molar-refractivity contribution < 1.29 is 14.7 Å². The van der Waals surface area contributed by atoms with Gasteiger partial charge in [-0.05, 0) is 37.0 Å². The van der Waals surface area contributed by atoms with Crippen LogP contribution in [0, 0.1) is 11.3 Å². The summed E-state index contributed by atoms with van der Waals surface area (Å²) in [5, 5.41) is 12.0. The van der Waals surface area contributed by atoms with Crippen LogP contribution in [-0.4, -0.2) is 40.6 Å². The highest BCUT2D eigenvalue weighted by molar-refractivity contribution is 5.83. The molecule has 2 fully saturated rings. The predicted octanol–water partition coefficient (Wildman–Crippen LogP) is 2.07. The third-order valence-electron chi connectivity index (χ3n) is 3.78. The van der Waals surface area contributed by atoms with E-state index in [9.17, 15) is 14.7 Å². The van der Waals surface area contributed by atoms with E-state index in [1.165, 1.54) is 12.8 Å². The van der Waals surface area contributed by atoms with E-state index in [2.05, 4.69) is 5.32 Å². The van der Waals surface area contributed by atoms with Crippen LogP contribution in [0.1, 0.15) is 46.5 Å². The van der Waals surface area contributed by atoms with Gasteiger partial charge in [-0.15, -0.1) is 0 Å². The number of nitrogens with one attached hydrogen (secondary N) is 1. The Bertz CT molecular complexity index is 367. The van der Waals surface area contributed by atoms with Crippen molar-refractivity contribution in [3.63, 3.8) is 0 Å². The second-order valence-electron chi connectivity index (χ2n) is 6.91. The van der Waals surface area contributed by atoms with Crippen molar-refractivity contribution in [2.24, 2.45) is 11.3 Å². The number of amides is 2. The van der Waals surface area contributed by atoms with E-state index in [-0.39, 0.29) is 6.03 Å². The van der Waals surface area contributed by atoms with Crippen LogP contribution in [0.4, 0.5) is 4.79 Å². The lowest BCUT2D eigenvalue weighted by molar-refractivity contribution is -0.142. The van der Waals surface area contributed by atoms with Crippen LogP contribution < -0.4 is 5.32 Å². The minimum atomic E-state index is -0.969. The fraction of sp³-hybridized carbons (Fsp3) is 0.857. The summed E-state index contributed by atoms with van der Waals surface area (Å²) in [6.07, 6.45) is 4.48. The molecule has 0 aromatic heterocycles. The number of carbonyl (C=O) groups excluding carboxylic acids is 1. The van der Waals surface area contributed by atoms with Crippen molar-refractivity contribution in [3.8, 4) is 0 Å². The number of carbonyl (C=O) groups is 2. The average molecular weight is 268 g/mol. The number of aliphatic carboxylic acids is 1. The van der Waals surface area contributed by atoms with Crippen LogP contribution in [0.2, 0.25) is 0 Å². The molecule has 0 bridgehead atoms. The standard InChI is InChI=1S/C14H24N2O3/c1-14(2,3)11(12(17)18)15-13(19)16(10-6-7-10)8-9-4-5-9/h9-11H,4-8H2,1-3H3,(H,15,19)(H,17,18). The zero-order chi connectivity index (χ0) is 14.2. The highest BCUT2D eigenvalue weighted by atomic mass is 16.4. The van der Waals surface area contributed by atoms with Gasteiger partial charge in [-0.2, -0.15) is 0 Å². The van der Waals surface area contributed by atoms with Gasteiger partial charge in [-0.25, -0.2) is 9.59 Å². The Kier molecular flexibility index (Phi) is 3.74. The van der Waals surface area contributed by atoms with E-state index in [1.807, 2.05) is 25.7 Å². The van der Waals surface area contributed by atoms with Gasteiger partial charge < -0.3 is 15.3 Å². The van der Waals surface area contributed by atoms with Gasteiger partial charge in [-0.1, -0.05) is 20.8 Å². The number of nitrogens with zero attached hydrogens (tertiary/aromatic N) is 1. The molecule has 2 aliphatic carbocycles. The van der Waals surface area contributed by atoms with Crippen LogP contribution >= 0.6 is 0 Å². The first-order valence-electron chi connectivity index (χ1n) is 7.09. The second kappa shape index (κ2) is 5.02. The van der Waals surface area contributed by atoms with E-state index >= 15 is 0 Å². The van der Waals surface area contributed by atoms with Gasteiger partial charge in [0.1, 0.15) is 6.04 Å². The quantitative estimate of drug-likeness (QED) is 0.802. The Balaban J connectivity index is 1.97. The number of rotatable bonds is 5. The molecule has 5 heteroatoms. The Hall–Kier alpha value is -1.26. The summed E-state index contributed by atoms with van der Waals surface area (Å²) in [6.45, 7) is 6.27. The van der Waals surface area contributed by atoms with Crippen LogP contribution in [0.25, 0.3) is 0 Å². The van der Waals surface area contributed by atoms with Crippen LogP contribution in [0.15, 0.2) is 0 Å². The fourth-order valence-electron chi connectivity index (χ4n) is 2.22. The molecule has 2 rings (SSSR count). The molecule has 2 saturated carbocycles. The highest BCUT2D eigenvalue weighted by Gasteiger charge is 2.39. The summed E-state index contributed by atoms with van der Waals surface area (Å²) in [6, 6.07) is -0.729. The molecule has 0 saturated heterocycles. The SMILES string of the molecule is CC(C)(C)C(NC(=O)N(CC1CC1)C1CC1)C(=O)O. The summed E-state index contributed by atoms with van der Waals surface area (Å²) in [5.74, 6) is -0.340. The Morgan fingerprint density at radius 2 is 1.84 bits per heavy atom. The molecule has 0 heterocycles. The Morgan fingerprint density at radius 3 is 2.21 bits per heavy atom. The first kappa shape index (κ1) is 14.2. The molecule has 0 aromatic carbocycles. The molecule has 19 heavy (non-hydrogen) atoms. The first-order chi connectivity index (χ1) is 8.79. The number of hydrogen-bond donors (Lipinski definition) is 2. The molecule has 2 N–H and O–H groups in total. The number of hydrogen-bond acceptors (Lipinski definition) is 2. The van der Waals surface area contributed by atoms with E-state index in [4.69, 9.17) is 0 Å². The van der Waals surface area contributed by atoms with E-state index in [1.54, 1.807) is 0 Å². The van der Waals surface area contributed by atoms with Gasteiger partial charge in [-0.3, -0.25) is 0 Å². The molecule has 0 aromatic rings. The zero-order valence-corrected chi connectivity index (χ0v) is 12.0. The molecular weight excluding hydrogens is 244 g/mol. The van der Waals surface area contributed by atoms with Crippen molar-refractivity contribution in [2.45, 2.75) is 58.5 Å². The van der Waals surface area contributed by atoms with Gasteiger partial charge in [0.15, 0.2) is 0 Å². The third-order valence-corrected chi connectivity index (χ3v) is 3.78. The smallest absolute Gasteiger partial charge is 0.326 e. The monoisotopic (exact) mass is 268 g/mol. The van der Waals surface area contributed by atoms with Crippen LogP contribution in [-0.2, 0) is 4.79 Å². The molecular formula is C14H24N2O3. The lowest BCUT2D eigenvalue weighted by Crippen LogP contribution is -2.54. The number of carboxylic acids is 1. The largest absolute Gasteiger partial charge is 0.480 e. The molecule has 1 atom stereocenters. The van der Waals surface area contributed by atoms with Crippen LogP contribution in [0.3, 0.4) is 0 Å². The lowest BCUT2D eigenvalue weighted by atomic mass is 9.87. The number of urea groups is 1. The summed E-state index contributed by atoms with van der Waals surface area (Å²) >= 11 is 0. The van der Waals surface area contributed by atoms with Gasteiger partial charge in [0.05, 0.1) is 0 Å². The van der Waals surface area contributed by atoms with Crippen LogP contribution in [0.5, 0.6) is 0 Å². The fourth-order valence-corrected chi connectivity index (χ4v) is 2.22. The minimum absolute atomic E-state index is 0.211. The molecule has 0 aliphatic heterocycles. The topological polar surface area (TPSA) is 69.6 Å². The van der Waals surface area contributed by atoms with Crippen molar-refractivity contribution in [1.29, 1.82) is 0 Å². The lowest BCUT2D eigenvalue weighted by Gasteiger charge is -2.31. The molecule has 5 nitrogen and oxygen atoms in total. The molecule has 0 radical (unpaired) electrons. The minimum Gasteiger partial charge on any atom is -0.480 e. The maximum absolute atomic E-state index is 12.3. The summed E-state index contributed by atoms with van der Waals surface area (Å²) in [5.41, 5.74) is -0.490. The Morgan fingerprint density at radius 1 is 1.26 bits per heavy atom. The van der Waals surface area contributed by atoms with Gasteiger partial charge >= 0.3 is 12.0 Å². The number of carboxylic acid groups (broad SMARTS) is 1. The van der Waals surface area contributed by atoms with Gasteiger partial charge in [0, 0.05) is 12.6 Å².